The average Bonchev–Trinajstić information content (AvgIpc) is 2.43. The van der Waals surface area contributed by atoms with Crippen LogP contribution in [0.15, 0.2) is 42.5 Å². The number of anilines is 1. The fourth-order valence-electron chi connectivity index (χ4n) is 2.20. The first-order valence-electron chi connectivity index (χ1n) is 6.49. The van der Waals surface area contributed by atoms with E-state index in [0.29, 0.717) is 0 Å². The van der Waals surface area contributed by atoms with E-state index in [-0.39, 0.29) is 0 Å². The maximum Gasteiger partial charge on any atom is 0.0455 e. The van der Waals surface area contributed by atoms with E-state index in [1.165, 1.54) is 5.56 Å². The molecule has 0 spiro atoms. The Kier molecular flexibility index (Phi) is 5.30. The Labute approximate surface area is 130 Å². The van der Waals surface area contributed by atoms with Gasteiger partial charge in [0.25, 0.3) is 0 Å². The molecule has 0 aliphatic rings. The van der Waals surface area contributed by atoms with Crippen LogP contribution in [0.4, 0.5) is 5.69 Å². The highest BCUT2D eigenvalue weighted by atomic mass is 35.5. The molecule has 106 valence electrons. The molecular formula is C16H18Cl2N2. The van der Waals surface area contributed by atoms with Gasteiger partial charge in [-0.15, -0.1) is 0 Å². The predicted molar refractivity (Wildman–Crippen MR) is 87.8 cm³/mol. The Hall–Kier alpha value is -1.22. The van der Waals surface area contributed by atoms with Crippen LogP contribution in [0.1, 0.15) is 11.1 Å². The molecule has 0 amide bonds. The van der Waals surface area contributed by atoms with Crippen LogP contribution < -0.4 is 10.2 Å². The van der Waals surface area contributed by atoms with Crippen LogP contribution in [0, 0.1) is 0 Å². The van der Waals surface area contributed by atoms with Gasteiger partial charge in [0.15, 0.2) is 0 Å². The molecule has 4 heteroatoms. The van der Waals surface area contributed by atoms with E-state index in [4.69, 9.17) is 23.2 Å². The second-order valence-electron chi connectivity index (χ2n) is 4.75. The third kappa shape index (κ3) is 3.66. The summed E-state index contributed by atoms with van der Waals surface area (Å²) in [6, 6.07) is 13.9. The first-order valence-corrected chi connectivity index (χ1v) is 7.25. The minimum atomic E-state index is 0.742. The zero-order chi connectivity index (χ0) is 14.5. The summed E-state index contributed by atoms with van der Waals surface area (Å²) in [6.07, 6.45) is 0. The summed E-state index contributed by atoms with van der Waals surface area (Å²) < 4.78 is 0. The summed E-state index contributed by atoms with van der Waals surface area (Å²) in [6.45, 7) is 1.55. The van der Waals surface area contributed by atoms with Crippen molar-refractivity contribution in [3.63, 3.8) is 0 Å². The summed E-state index contributed by atoms with van der Waals surface area (Å²) in [4.78, 5) is 2.17. The van der Waals surface area contributed by atoms with Crippen LogP contribution >= 0.6 is 23.2 Å². The monoisotopic (exact) mass is 308 g/mol. The van der Waals surface area contributed by atoms with Crippen molar-refractivity contribution in [3.8, 4) is 0 Å². The van der Waals surface area contributed by atoms with Crippen molar-refractivity contribution < 1.29 is 0 Å². The lowest BCUT2D eigenvalue weighted by atomic mass is 10.1. The van der Waals surface area contributed by atoms with Crippen LogP contribution in [0.25, 0.3) is 0 Å². The topological polar surface area (TPSA) is 15.3 Å². The van der Waals surface area contributed by atoms with E-state index in [2.05, 4.69) is 16.3 Å². The fourth-order valence-corrected chi connectivity index (χ4v) is 2.56. The Morgan fingerprint density at radius 1 is 1.05 bits per heavy atom. The van der Waals surface area contributed by atoms with Crippen molar-refractivity contribution in [2.75, 3.05) is 19.0 Å². The molecule has 0 fully saturated rings. The van der Waals surface area contributed by atoms with Gasteiger partial charge in [0.1, 0.15) is 0 Å². The van der Waals surface area contributed by atoms with Crippen LogP contribution in [-0.2, 0) is 13.1 Å². The van der Waals surface area contributed by atoms with Gasteiger partial charge in [-0.3, -0.25) is 0 Å². The molecule has 2 aromatic carbocycles. The van der Waals surface area contributed by atoms with E-state index >= 15 is 0 Å². The Balaban J connectivity index is 2.26. The number of nitrogens with zero attached hydrogens (tertiary/aromatic N) is 1. The summed E-state index contributed by atoms with van der Waals surface area (Å²) in [5, 5.41) is 4.71. The fraction of sp³-hybridized carbons (Fsp3) is 0.250. The van der Waals surface area contributed by atoms with E-state index in [9.17, 15) is 0 Å². The number of hydrogen-bond acceptors (Lipinski definition) is 2. The number of nitrogens with one attached hydrogen (secondary N) is 1. The quantitative estimate of drug-likeness (QED) is 0.883. The molecule has 0 radical (unpaired) electrons. The van der Waals surface area contributed by atoms with Gasteiger partial charge in [-0.25, -0.2) is 0 Å². The number of rotatable bonds is 5. The minimum Gasteiger partial charge on any atom is -0.370 e. The summed E-state index contributed by atoms with van der Waals surface area (Å²) >= 11 is 12.3. The Morgan fingerprint density at radius 2 is 1.80 bits per heavy atom. The molecule has 2 nitrogen and oxygen atoms in total. The average molecular weight is 309 g/mol. The Morgan fingerprint density at radius 3 is 2.50 bits per heavy atom. The zero-order valence-electron chi connectivity index (χ0n) is 11.7. The number of hydrogen-bond donors (Lipinski definition) is 1. The molecule has 2 aromatic rings. The van der Waals surface area contributed by atoms with Gasteiger partial charge < -0.3 is 10.2 Å². The van der Waals surface area contributed by atoms with Crippen LogP contribution in [0.5, 0.6) is 0 Å². The van der Waals surface area contributed by atoms with Crippen molar-refractivity contribution in [1.29, 1.82) is 0 Å². The van der Waals surface area contributed by atoms with Crippen molar-refractivity contribution >= 4 is 28.9 Å². The van der Waals surface area contributed by atoms with E-state index in [1.807, 2.05) is 50.5 Å². The Bertz CT molecular complexity index is 584. The lowest BCUT2D eigenvalue weighted by molar-refractivity contribution is 0.805. The lowest BCUT2D eigenvalue weighted by Crippen LogP contribution is -2.19. The largest absolute Gasteiger partial charge is 0.370 e. The summed E-state index contributed by atoms with van der Waals surface area (Å²) in [5.41, 5.74) is 3.44. The van der Waals surface area contributed by atoms with Gasteiger partial charge in [-0.1, -0.05) is 47.5 Å². The molecule has 1 N–H and O–H groups in total. The highest BCUT2D eigenvalue weighted by Crippen LogP contribution is 2.26. The normalized spacial score (nSPS) is 10.6. The van der Waals surface area contributed by atoms with Crippen molar-refractivity contribution in [2.45, 2.75) is 13.1 Å². The predicted octanol–water partition coefficient (Wildman–Crippen LogP) is 4.35. The first kappa shape index (κ1) is 15.2. The summed E-state index contributed by atoms with van der Waals surface area (Å²) in [5.74, 6) is 0. The highest BCUT2D eigenvalue weighted by Gasteiger charge is 2.10. The molecule has 0 saturated carbocycles. The zero-order valence-corrected chi connectivity index (χ0v) is 13.2. The number of halogens is 2. The van der Waals surface area contributed by atoms with Crippen LogP contribution in [0.2, 0.25) is 10.0 Å². The first-order chi connectivity index (χ1) is 9.61. The van der Waals surface area contributed by atoms with Gasteiger partial charge in [-0.05, 0) is 36.4 Å². The van der Waals surface area contributed by atoms with Crippen molar-refractivity contribution in [1.82, 2.24) is 5.32 Å². The number of benzene rings is 2. The SMILES string of the molecule is CNCc1ccc(Cl)cc1N(C)Cc1ccccc1Cl. The molecule has 0 atom stereocenters. The van der Waals surface area contributed by atoms with E-state index in [0.717, 1.165) is 34.4 Å². The second-order valence-corrected chi connectivity index (χ2v) is 5.59. The van der Waals surface area contributed by atoms with Gasteiger partial charge in [0.2, 0.25) is 0 Å². The molecule has 2 rings (SSSR count). The molecule has 0 aliphatic heterocycles. The highest BCUT2D eigenvalue weighted by molar-refractivity contribution is 6.31. The molecule has 0 heterocycles. The minimum absolute atomic E-state index is 0.742. The molecule has 0 bridgehead atoms. The maximum absolute atomic E-state index is 6.22. The smallest absolute Gasteiger partial charge is 0.0455 e. The van der Waals surface area contributed by atoms with E-state index in [1.54, 1.807) is 0 Å². The van der Waals surface area contributed by atoms with Gasteiger partial charge >= 0.3 is 0 Å². The summed E-state index contributed by atoms with van der Waals surface area (Å²) in [7, 11) is 3.99. The molecule has 0 saturated heterocycles. The second kappa shape index (κ2) is 6.98. The lowest BCUT2D eigenvalue weighted by Gasteiger charge is -2.23. The standard InChI is InChI=1S/C16H18Cl2N2/c1-19-10-12-7-8-14(17)9-16(12)20(2)11-13-5-3-4-6-15(13)18/h3-9,19H,10-11H2,1-2H3. The van der Waals surface area contributed by atoms with Crippen LogP contribution in [0.3, 0.4) is 0 Å². The third-order valence-corrected chi connectivity index (χ3v) is 3.79. The molecule has 0 aromatic heterocycles. The molecule has 20 heavy (non-hydrogen) atoms. The molecule has 0 unspecified atom stereocenters. The van der Waals surface area contributed by atoms with Gasteiger partial charge in [-0.2, -0.15) is 0 Å². The third-order valence-electron chi connectivity index (χ3n) is 3.19. The van der Waals surface area contributed by atoms with Crippen LogP contribution in [-0.4, -0.2) is 14.1 Å². The maximum atomic E-state index is 6.22. The molecule has 0 aliphatic carbocycles. The van der Waals surface area contributed by atoms with Gasteiger partial charge in [0, 0.05) is 35.9 Å². The molecular weight excluding hydrogens is 291 g/mol. The van der Waals surface area contributed by atoms with Crippen molar-refractivity contribution in [2.24, 2.45) is 0 Å². The van der Waals surface area contributed by atoms with Crippen molar-refractivity contribution in [3.05, 3.63) is 63.6 Å². The van der Waals surface area contributed by atoms with Gasteiger partial charge in [0.05, 0.1) is 0 Å². The van der Waals surface area contributed by atoms with E-state index < -0.39 is 0 Å².